The van der Waals surface area contributed by atoms with E-state index in [1.54, 1.807) is 16.7 Å². The van der Waals surface area contributed by atoms with Gasteiger partial charge in [0.25, 0.3) is 0 Å². The van der Waals surface area contributed by atoms with Crippen LogP contribution < -0.4 is 0 Å². The number of esters is 1. The fourth-order valence-electron chi connectivity index (χ4n) is 23.3. The van der Waals surface area contributed by atoms with E-state index in [-0.39, 0.29) is 78.7 Å². The molecule has 9 saturated carbocycles. The minimum Gasteiger partial charge on any atom is -0.466 e. The van der Waals surface area contributed by atoms with Gasteiger partial charge < -0.3 is 46.0 Å². The number of aldehydes is 2. The first-order chi connectivity index (χ1) is 59.4. The number of hydrogen-bond donors (Lipinski definition) is 1. The van der Waals surface area contributed by atoms with Crippen molar-refractivity contribution >= 4 is 68.4 Å². The number of methoxy groups -OCH3 is 1. The van der Waals surface area contributed by atoms with Crippen molar-refractivity contribution in [2.24, 2.45) is 69.5 Å². The largest absolute Gasteiger partial charge is 0.466 e. The molecule has 0 aliphatic heterocycles. The molecule has 0 spiro atoms. The van der Waals surface area contributed by atoms with Gasteiger partial charge in [-0.05, 0) is 353 Å². The first kappa shape index (κ1) is 114. The Kier molecular flexibility index (Phi) is 39.0. The monoisotopic (exact) mass is 1900 g/mol. The molecule has 11 nitrogen and oxygen atoms in total. The fraction of sp³-hybridized carbons (Fsp3) is 0.796. The molecule has 0 aromatic heterocycles. The second-order valence-corrected chi connectivity index (χ2v) is 81.6. The molecular weight excluding hydrogens is 1700 g/mol. The molecule has 0 heterocycles. The number of carbonyl (C=O) groups excluding carboxylic acids is 3. The van der Waals surface area contributed by atoms with Gasteiger partial charge in [0.1, 0.15) is 12.6 Å². The number of carbonyl (C=O) groups is 3. The van der Waals surface area contributed by atoms with Crippen LogP contribution in [0.15, 0.2) is 119 Å². The van der Waals surface area contributed by atoms with Gasteiger partial charge in [0.05, 0.1) is 49.8 Å². The zero-order valence-electron chi connectivity index (χ0n) is 91.0. The maximum atomic E-state index is 11.8. The van der Waals surface area contributed by atoms with Crippen LogP contribution in [0.3, 0.4) is 0 Å². The first-order valence-electron chi connectivity index (χ1n) is 52.0. The number of rotatable bonds is 30. The van der Waals surface area contributed by atoms with Gasteiger partial charge in [-0.3, -0.25) is 0 Å². The van der Waals surface area contributed by atoms with Crippen LogP contribution in [0.1, 0.15) is 346 Å². The lowest BCUT2D eigenvalue weighted by molar-refractivity contribution is -0.136. The van der Waals surface area contributed by atoms with E-state index >= 15 is 0 Å². The van der Waals surface area contributed by atoms with E-state index in [0.29, 0.717) is 77.1 Å². The quantitative estimate of drug-likeness (QED) is 0.0319. The Morgan fingerprint density at radius 2 is 0.646 bits per heavy atom. The molecule has 4 unspecified atom stereocenters. The summed E-state index contributed by atoms with van der Waals surface area (Å²) < 4.78 is 47.1. The zero-order chi connectivity index (χ0) is 98.5. The average molecular weight is 1900 g/mol. The smallest absolute Gasteiger partial charge is 0.333 e. The summed E-state index contributed by atoms with van der Waals surface area (Å²) in [4.78, 5) is 33.9. The molecule has 0 aromatic rings. The number of fused-ring (bicyclic) bond motifs is 3. The molecule has 9 aliphatic carbocycles. The molecule has 19 atom stereocenters. The van der Waals surface area contributed by atoms with E-state index in [2.05, 4.69) is 308 Å². The second kappa shape index (κ2) is 44.4. The van der Waals surface area contributed by atoms with E-state index in [1.165, 1.54) is 131 Å². The second-order valence-electron chi connectivity index (χ2n) is 53.0. The number of hydrogen-bond acceptors (Lipinski definition) is 11. The molecule has 9 rings (SSSR count). The Morgan fingerprint density at radius 3 is 0.885 bits per heavy atom. The predicted octanol–water partition coefficient (Wildman–Crippen LogP) is 32.7. The fourth-order valence-corrected chi connectivity index (χ4v) is 31.3. The highest BCUT2D eigenvalue weighted by Gasteiger charge is 2.56. The van der Waals surface area contributed by atoms with Crippen molar-refractivity contribution in [2.45, 2.75) is 497 Å². The van der Waals surface area contributed by atoms with Gasteiger partial charge in [-0.2, -0.15) is 0 Å². The zero-order valence-corrected chi connectivity index (χ0v) is 97.0. The van der Waals surface area contributed by atoms with E-state index in [0.717, 1.165) is 87.8 Å². The topological polar surface area (TPSA) is 136 Å². The van der Waals surface area contributed by atoms with E-state index in [9.17, 15) is 19.5 Å². The van der Waals surface area contributed by atoms with Gasteiger partial charge >= 0.3 is 5.97 Å². The van der Waals surface area contributed by atoms with Crippen LogP contribution in [0, 0.1) is 69.5 Å². The van der Waals surface area contributed by atoms with Gasteiger partial charge in [0, 0.05) is 44.1 Å². The molecule has 0 amide bonds. The minimum atomic E-state index is -2.01. The summed E-state index contributed by atoms with van der Waals surface area (Å²) in [5.41, 5.74) is 13.7. The Labute approximate surface area is 806 Å². The van der Waals surface area contributed by atoms with E-state index in [4.69, 9.17) is 31.3 Å². The summed E-state index contributed by atoms with van der Waals surface area (Å²) in [5.74, 6) is 5.30. The molecule has 9 aliphatic rings. The van der Waals surface area contributed by atoms with E-state index in [1.807, 2.05) is 0 Å². The lowest BCUT2D eigenvalue weighted by Gasteiger charge is -2.46. The maximum absolute atomic E-state index is 11.8. The molecule has 0 aromatic carbocycles. The van der Waals surface area contributed by atoms with Crippen LogP contribution in [-0.2, 0) is 45.7 Å². The third-order valence-electron chi connectivity index (χ3n) is 37.8. The highest BCUT2D eigenvalue weighted by molar-refractivity contribution is 6.76. The van der Waals surface area contributed by atoms with Crippen molar-refractivity contribution in [1.82, 2.24) is 0 Å². The predicted molar refractivity (Wildman–Crippen MR) is 570 cm³/mol. The van der Waals surface area contributed by atoms with Crippen molar-refractivity contribution in [3.63, 3.8) is 0 Å². The SMILES string of the molecule is C=C(CC(O)CC[C@@H](C)[C@H]1CCC2/C(=C/C=C3/C[C@@H](O[Si](C)(C)C(C)(C)C)C[C@H](O[Si](C)(C)C(C)(C)C)C3=C)CCC[C@@]21C)C(=O)OC.C=C1/C(=C/C=C2\CCC[C@@]3(C)C2CC[C@@H]3[C@H](C)CCC=O)C[C@@H](O[Si](C)(C)C(C)(C)C)C[C@@H]1O[Si](C)(C)C(C)(C)C.C=C1/C(=C\C=C2/CCC[C@@]3(C)C2CC[C@@H]3[C@H](C)CCC=O)C[C@@H](O[Si](C)(C)C(C)(C)C)C[C@@H]1O[Si](C)(C)C(C)(C)C. The van der Waals surface area contributed by atoms with Crippen LogP contribution in [0.25, 0.3) is 0 Å². The van der Waals surface area contributed by atoms with Gasteiger partial charge in [0.15, 0.2) is 49.9 Å². The van der Waals surface area contributed by atoms with Crippen LogP contribution >= 0.6 is 0 Å². The molecule has 9 fully saturated rings. The van der Waals surface area contributed by atoms with Gasteiger partial charge in [-0.1, -0.05) is 246 Å². The van der Waals surface area contributed by atoms with Gasteiger partial charge in [-0.25, -0.2) is 4.79 Å². The Morgan fingerprint density at radius 1 is 0.400 bits per heavy atom. The van der Waals surface area contributed by atoms with Crippen LogP contribution in [0.2, 0.25) is 109 Å². The molecule has 0 saturated heterocycles. The molecule has 17 heteroatoms. The van der Waals surface area contributed by atoms with E-state index < -0.39 is 62.0 Å². The van der Waals surface area contributed by atoms with Crippen molar-refractivity contribution in [1.29, 1.82) is 0 Å². The summed E-state index contributed by atoms with van der Waals surface area (Å²) in [7, 11) is -10.4. The first-order valence-corrected chi connectivity index (χ1v) is 69.5. The van der Waals surface area contributed by atoms with Crippen LogP contribution in [0.5, 0.6) is 0 Å². The average Bonchev–Trinajstić information content (AvgIpc) is 1.62. The highest BCUT2D eigenvalue weighted by Crippen LogP contribution is 2.64. The molecule has 742 valence electrons. The Balaban J connectivity index is 0.000000268. The molecule has 0 radical (unpaired) electrons. The third kappa shape index (κ3) is 27.9. The van der Waals surface area contributed by atoms with Gasteiger partial charge in [-0.15, -0.1) is 0 Å². The summed E-state index contributed by atoms with van der Waals surface area (Å²) in [6.07, 6.45) is 46.6. The number of ether oxygens (including phenoxy) is 1. The number of aliphatic hydroxyl groups is 1. The molecule has 0 bridgehead atoms. The third-order valence-corrected chi connectivity index (χ3v) is 64.8. The summed E-state index contributed by atoms with van der Waals surface area (Å²) in [5, 5.41) is 11.6. The molecule has 130 heavy (non-hydrogen) atoms. The lowest BCUT2D eigenvalue weighted by Crippen LogP contribution is -2.49. The molecule has 1 N–H and O–H groups in total. The Bertz CT molecular complexity index is 3900. The summed E-state index contributed by atoms with van der Waals surface area (Å²) >= 11 is 0. The van der Waals surface area contributed by atoms with Crippen LogP contribution in [0.4, 0.5) is 0 Å². The van der Waals surface area contributed by atoms with Crippen molar-refractivity contribution in [3.05, 3.63) is 119 Å². The highest BCUT2D eigenvalue weighted by atomic mass is 28.4. The Hall–Kier alpha value is -2.77. The maximum Gasteiger partial charge on any atom is 0.333 e. The number of aliphatic hydroxyl groups excluding tert-OH is 1. The van der Waals surface area contributed by atoms with Crippen molar-refractivity contribution in [2.75, 3.05) is 7.11 Å². The summed E-state index contributed by atoms with van der Waals surface area (Å²) in [6.45, 7) is 103. The van der Waals surface area contributed by atoms with Gasteiger partial charge in [0.2, 0.25) is 0 Å². The van der Waals surface area contributed by atoms with Crippen molar-refractivity contribution < 1.29 is 50.8 Å². The number of allylic oxidation sites excluding steroid dienone is 9. The standard InChI is InChI=1S/C41H72O5Si2.2C36H64O3Si2/c1-28(18-21-33(42)25-29(2)38(43)44-11)35-22-23-36-31(17-16-24-41(35,36)10)19-20-32-26-34(45-47(12,13)39(4,5)6)27-37(30(32)3)46-48(14,15)40(7,8)9;2*1-26(16-15-23-37)31-20-21-32-28(17-14-22-36(31,32)9)18-19-29-24-30(38-40(10,11)34(3,4)5)25-33(27(29)2)39-41(12,13)35(6,7)8/h19-20,28,33-37,42H,2-3,16-18,21-27H2,1,4-15H3;2*18-19,23,26,30-33H,2,14-17,20-22,24-25H2,1,3-13H3/b31-19+,32-20-;28-18+,29-19+;28-18+,29-19-/t28-,33?,34-,35-,36?,37+,41-;2*26-,30-,31-,32?,33+,36-/m111/s1. The minimum absolute atomic E-state index is 0.00692. The van der Waals surface area contributed by atoms with Crippen molar-refractivity contribution in [3.8, 4) is 0 Å². The normalized spacial score (nSPS) is 31.9. The molecular formula is C113H200O11Si6. The van der Waals surface area contributed by atoms with Crippen LogP contribution in [-0.4, -0.2) is 123 Å². The lowest BCUT2D eigenvalue weighted by atomic mass is 9.60. The summed E-state index contributed by atoms with van der Waals surface area (Å²) in [6, 6.07) is 0.